The first-order valence-electron chi connectivity index (χ1n) is 8.38. The highest BCUT2D eigenvalue weighted by molar-refractivity contribution is 6.33. The first-order valence-corrected chi connectivity index (χ1v) is 8.76. The third-order valence-corrected chi connectivity index (χ3v) is 4.53. The average molecular weight is 401 g/mol. The van der Waals surface area contributed by atoms with Gasteiger partial charge in [0.05, 0.1) is 23.1 Å². The van der Waals surface area contributed by atoms with Crippen LogP contribution in [-0.2, 0) is 0 Å². The molecule has 0 bridgehead atoms. The number of furan rings is 1. The van der Waals surface area contributed by atoms with Crippen LogP contribution in [0.4, 0.5) is 5.69 Å². The van der Waals surface area contributed by atoms with E-state index in [9.17, 15) is 14.9 Å². The van der Waals surface area contributed by atoms with Crippen LogP contribution in [0.25, 0.3) is 11.3 Å². The van der Waals surface area contributed by atoms with E-state index in [2.05, 4.69) is 5.32 Å². The van der Waals surface area contributed by atoms with E-state index in [1.165, 1.54) is 24.3 Å². The summed E-state index contributed by atoms with van der Waals surface area (Å²) in [5, 5.41) is 13.8. The Morgan fingerprint density at radius 1 is 1.18 bits per heavy atom. The second kappa shape index (κ2) is 8.14. The van der Waals surface area contributed by atoms with E-state index in [1.807, 2.05) is 31.2 Å². The van der Waals surface area contributed by atoms with Gasteiger partial charge in [-0.2, -0.15) is 0 Å². The average Bonchev–Trinajstić information content (AvgIpc) is 3.17. The number of hydrogen-bond acceptors (Lipinski definition) is 5. The van der Waals surface area contributed by atoms with Crippen molar-refractivity contribution < 1.29 is 18.9 Å². The fraction of sp³-hybridized carbons (Fsp3) is 0.150. The van der Waals surface area contributed by atoms with Crippen LogP contribution in [0.15, 0.2) is 59.0 Å². The largest absolute Gasteiger partial charge is 0.497 e. The topological polar surface area (TPSA) is 94.6 Å². The Balaban J connectivity index is 1.74. The second-order valence-corrected chi connectivity index (χ2v) is 6.46. The number of nitrogens with one attached hydrogen (secondary N) is 1. The maximum absolute atomic E-state index is 12.5. The van der Waals surface area contributed by atoms with E-state index < -0.39 is 4.92 Å². The molecule has 1 aromatic heterocycles. The highest BCUT2D eigenvalue weighted by atomic mass is 35.5. The van der Waals surface area contributed by atoms with Gasteiger partial charge in [0.25, 0.3) is 11.6 Å². The number of hydrogen-bond donors (Lipinski definition) is 1. The molecule has 7 nitrogen and oxygen atoms in total. The Hall–Kier alpha value is -3.32. The van der Waals surface area contributed by atoms with Crippen molar-refractivity contribution in [2.75, 3.05) is 7.11 Å². The van der Waals surface area contributed by atoms with Gasteiger partial charge in [-0.15, -0.1) is 0 Å². The minimum absolute atomic E-state index is 0.116. The summed E-state index contributed by atoms with van der Waals surface area (Å²) in [4.78, 5) is 22.8. The highest BCUT2D eigenvalue weighted by Gasteiger charge is 2.18. The van der Waals surface area contributed by atoms with Crippen molar-refractivity contribution in [2.24, 2.45) is 0 Å². The molecule has 2 aromatic carbocycles. The number of halogens is 1. The van der Waals surface area contributed by atoms with Crippen molar-refractivity contribution in [2.45, 2.75) is 13.0 Å². The summed E-state index contributed by atoms with van der Waals surface area (Å²) in [5.41, 5.74) is 1.26. The number of carbonyl (C=O) groups is 1. The minimum atomic E-state index is -0.531. The lowest BCUT2D eigenvalue weighted by molar-refractivity contribution is -0.384. The molecule has 0 aliphatic rings. The molecule has 28 heavy (non-hydrogen) atoms. The van der Waals surface area contributed by atoms with E-state index in [-0.39, 0.29) is 28.4 Å². The normalized spacial score (nSPS) is 11.7. The number of carbonyl (C=O) groups excluding carboxylic acids is 1. The van der Waals surface area contributed by atoms with Crippen molar-refractivity contribution in [1.82, 2.24) is 5.32 Å². The smallest absolute Gasteiger partial charge is 0.287 e. The molecule has 8 heteroatoms. The number of amides is 1. The van der Waals surface area contributed by atoms with Crippen LogP contribution >= 0.6 is 11.6 Å². The van der Waals surface area contributed by atoms with Crippen molar-refractivity contribution in [3.05, 3.63) is 81.1 Å². The molecule has 1 unspecified atom stereocenters. The van der Waals surface area contributed by atoms with Crippen LogP contribution in [0.2, 0.25) is 5.02 Å². The molecule has 0 spiro atoms. The molecular formula is C20H17ClN2O5. The van der Waals surface area contributed by atoms with Crippen LogP contribution in [-0.4, -0.2) is 17.9 Å². The number of rotatable bonds is 6. The summed E-state index contributed by atoms with van der Waals surface area (Å²) < 4.78 is 10.7. The predicted octanol–water partition coefficient (Wildman–Crippen LogP) is 5.01. The van der Waals surface area contributed by atoms with Gasteiger partial charge in [-0.05, 0) is 42.8 Å². The van der Waals surface area contributed by atoms with Crippen LogP contribution in [0.5, 0.6) is 5.75 Å². The third-order valence-electron chi connectivity index (χ3n) is 4.22. The molecule has 0 aliphatic heterocycles. The Kier molecular flexibility index (Phi) is 5.65. The number of nitro benzene ring substituents is 1. The van der Waals surface area contributed by atoms with E-state index >= 15 is 0 Å². The lowest BCUT2D eigenvalue weighted by Crippen LogP contribution is -2.26. The quantitative estimate of drug-likeness (QED) is 0.463. The zero-order valence-electron chi connectivity index (χ0n) is 15.1. The van der Waals surface area contributed by atoms with E-state index in [1.54, 1.807) is 13.2 Å². The number of ether oxygens (including phenoxy) is 1. The van der Waals surface area contributed by atoms with Crippen LogP contribution in [0.3, 0.4) is 0 Å². The van der Waals surface area contributed by atoms with Gasteiger partial charge in [0, 0.05) is 17.7 Å². The standard InChI is InChI=1S/C20H17ClN2O5/c1-12(13-3-6-15(27-2)7-4-13)22-20(24)19-10-9-18(28-19)16-8-5-14(23(25)26)11-17(16)21/h3-12H,1-2H3,(H,22,24). The van der Waals surface area contributed by atoms with Crippen LogP contribution in [0, 0.1) is 10.1 Å². The number of non-ortho nitro benzene ring substituents is 1. The summed E-state index contributed by atoms with van der Waals surface area (Å²) >= 11 is 6.11. The van der Waals surface area contributed by atoms with Gasteiger partial charge in [0.15, 0.2) is 5.76 Å². The molecule has 0 fully saturated rings. The Morgan fingerprint density at radius 3 is 2.50 bits per heavy atom. The third kappa shape index (κ3) is 4.15. The predicted molar refractivity (Wildman–Crippen MR) is 105 cm³/mol. The molecule has 3 aromatic rings. The summed E-state index contributed by atoms with van der Waals surface area (Å²) in [5.74, 6) is 0.817. The number of benzene rings is 2. The van der Waals surface area contributed by atoms with E-state index in [4.69, 9.17) is 20.8 Å². The van der Waals surface area contributed by atoms with Crippen molar-refractivity contribution in [3.63, 3.8) is 0 Å². The van der Waals surface area contributed by atoms with Gasteiger partial charge in [-0.1, -0.05) is 23.7 Å². The fourth-order valence-corrected chi connectivity index (χ4v) is 2.93. The van der Waals surface area contributed by atoms with Gasteiger partial charge >= 0.3 is 0 Å². The van der Waals surface area contributed by atoms with E-state index in [0.29, 0.717) is 11.3 Å². The molecule has 1 N–H and O–H groups in total. The van der Waals surface area contributed by atoms with Crippen LogP contribution in [0.1, 0.15) is 29.1 Å². The molecule has 0 radical (unpaired) electrons. The van der Waals surface area contributed by atoms with Gasteiger partial charge in [-0.3, -0.25) is 14.9 Å². The summed E-state index contributed by atoms with van der Waals surface area (Å²) in [6.45, 7) is 1.86. The summed E-state index contributed by atoms with van der Waals surface area (Å²) in [6, 6.07) is 14.3. The zero-order valence-corrected chi connectivity index (χ0v) is 15.9. The van der Waals surface area contributed by atoms with Gasteiger partial charge in [-0.25, -0.2) is 0 Å². The Labute approximate surface area is 166 Å². The minimum Gasteiger partial charge on any atom is -0.497 e. The molecular weight excluding hydrogens is 384 g/mol. The van der Waals surface area contributed by atoms with Gasteiger partial charge < -0.3 is 14.5 Å². The van der Waals surface area contributed by atoms with Gasteiger partial charge in [0.1, 0.15) is 11.5 Å². The zero-order chi connectivity index (χ0) is 20.3. The first kappa shape index (κ1) is 19.4. The van der Waals surface area contributed by atoms with Crippen molar-refractivity contribution in [1.29, 1.82) is 0 Å². The van der Waals surface area contributed by atoms with Crippen LogP contribution < -0.4 is 10.1 Å². The maximum Gasteiger partial charge on any atom is 0.287 e. The number of nitro groups is 1. The lowest BCUT2D eigenvalue weighted by Gasteiger charge is -2.13. The second-order valence-electron chi connectivity index (χ2n) is 6.05. The highest BCUT2D eigenvalue weighted by Crippen LogP contribution is 2.32. The molecule has 1 heterocycles. The Bertz CT molecular complexity index is 1010. The SMILES string of the molecule is COc1ccc(C(C)NC(=O)c2ccc(-c3ccc([N+](=O)[O-])cc3Cl)o2)cc1. The number of methoxy groups -OCH3 is 1. The molecule has 1 atom stereocenters. The fourth-order valence-electron chi connectivity index (χ4n) is 2.67. The first-order chi connectivity index (χ1) is 13.4. The number of nitrogens with zero attached hydrogens (tertiary/aromatic N) is 1. The molecule has 3 rings (SSSR count). The van der Waals surface area contributed by atoms with E-state index in [0.717, 1.165) is 11.3 Å². The monoisotopic (exact) mass is 400 g/mol. The van der Waals surface area contributed by atoms with Gasteiger partial charge in [0.2, 0.25) is 0 Å². The summed E-state index contributed by atoms with van der Waals surface area (Å²) in [7, 11) is 1.59. The lowest BCUT2D eigenvalue weighted by atomic mass is 10.1. The molecule has 0 saturated carbocycles. The van der Waals surface area contributed by atoms with Crippen molar-refractivity contribution in [3.8, 4) is 17.1 Å². The molecule has 144 valence electrons. The molecule has 0 saturated heterocycles. The molecule has 0 aliphatic carbocycles. The Morgan fingerprint density at radius 2 is 1.89 bits per heavy atom. The summed E-state index contributed by atoms with van der Waals surface area (Å²) in [6.07, 6.45) is 0. The maximum atomic E-state index is 12.5. The molecule has 1 amide bonds. The van der Waals surface area contributed by atoms with Crippen molar-refractivity contribution >= 4 is 23.2 Å².